The van der Waals surface area contributed by atoms with Crippen LogP contribution >= 0.6 is 0 Å². The van der Waals surface area contributed by atoms with Crippen molar-refractivity contribution in [2.75, 3.05) is 38.2 Å². The summed E-state index contributed by atoms with van der Waals surface area (Å²) in [7, 11) is 0. The Kier molecular flexibility index (Phi) is 7.25. The van der Waals surface area contributed by atoms with Gasteiger partial charge in [-0.25, -0.2) is 0 Å². The first-order valence-electron chi connectivity index (χ1n) is 9.58. The molecule has 1 saturated heterocycles. The van der Waals surface area contributed by atoms with Crippen LogP contribution in [0.3, 0.4) is 0 Å². The molecule has 144 valence electrons. The van der Waals surface area contributed by atoms with Crippen LogP contribution in [0.1, 0.15) is 24.0 Å². The van der Waals surface area contributed by atoms with E-state index in [9.17, 15) is 4.79 Å². The second-order valence-corrected chi connectivity index (χ2v) is 6.85. The van der Waals surface area contributed by atoms with E-state index in [4.69, 9.17) is 9.47 Å². The molecule has 27 heavy (non-hydrogen) atoms. The average Bonchev–Trinajstić information content (AvgIpc) is 2.69. The highest BCUT2D eigenvalue weighted by Crippen LogP contribution is 2.17. The van der Waals surface area contributed by atoms with Gasteiger partial charge in [0.2, 0.25) is 5.91 Å². The molecule has 0 saturated carbocycles. The zero-order valence-electron chi connectivity index (χ0n) is 15.9. The molecule has 3 rings (SSSR count). The fraction of sp³-hybridized carbons (Fsp3) is 0.409. The van der Waals surface area contributed by atoms with Gasteiger partial charge in [-0.2, -0.15) is 0 Å². The zero-order valence-corrected chi connectivity index (χ0v) is 15.9. The minimum absolute atomic E-state index is 0.0179. The summed E-state index contributed by atoms with van der Waals surface area (Å²) in [6.07, 6.45) is 1.14. The Morgan fingerprint density at radius 3 is 2.59 bits per heavy atom. The lowest BCUT2D eigenvalue weighted by atomic mass is 10.2. The van der Waals surface area contributed by atoms with E-state index in [2.05, 4.69) is 22.3 Å². The Labute approximate surface area is 161 Å². The van der Waals surface area contributed by atoms with Crippen molar-refractivity contribution in [3.8, 4) is 5.75 Å². The molecular weight excluding hydrogens is 340 g/mol. The summed E-state index contributed by atoms with van der Waals surface area (Å²) in [5.74, 6) is 0.901. The molecule has 0 atom stereocenters. The van der Waals surface area contributed by atoms with Gasteiger partial charge in [0.15, 0.2) is 0 Å². The Hall–Kier alpha value is -2.37. The standard InChI is InChI=1S/C22H28N2O3/c1-18-5-2-3-6-21(18)27-14-4-7-22(25)23-20-10-8-19(9-11-20)17-24-12-15-26-16-13-24/h2-3,5-6,8-11H,4,7,12-17H2,1H3,(H,23,25). The predicted octanol–water partition coefficient (Wildman–Crippen LogP) is 3.62. The Balaban J connectivity index is 1.37. The van der Waals surface area contributed by atoms with Crippen molar-refractivity contribution in [2.24, 2.45) is 0 Å². The van der Waals surface area contributed by atoms with Gasteiger partial charge < -0.3 is 14.8 Å². The summed E-state index contributed by atoms with van der Waals surface area (Å²) in [5.41, 5.74) is 3.20. The van der Waals surface area contributed by atoms with Crippen molar-refractivity contribution >= 4 is 11.6 Å². The molecule has 1 aliphatic rings. The lowest BCUT2D eigenvalue weighted by Crippen LogP contribution is -2.35. The molecule has 0 aromatic heterocycles. The molecule has 0 aliphatic carbocycles. The van der Waals surface area contributed by atoms with Crippen LogP contribution in [0.4, 0.5) is 5.69 Å². The number of hydrogen-bond acceptors (Lipinski definition) is 4. The maximum atomic E-state index is 12.1. The van der Waals surface area contributed by atoms with Gasteiger partial charge in [0.25, 0.3) is 0 Å². The maximum Gasteiger partial charge on any atom is 0.224 e. The lowest BCUT2D eigenvalue weighted by Gasteiger charge is -2.26. The number of ether oxygens (including phenoxy) is 2. The monoisotopic (exact) mass is 368 g/mol. The molecule has 0 unspecified atom stereocenters. The summed E-state index contributed by atoms with van der Waals surface area (Å²) in [6.45, 7) is 7.05. The van der Waals surface area contributed by atoms with Gasteiger partial charge in [0.05, 0.1) is 19.8 Å². The highest BCUT2D eigenvalue weighted by molar-refractivity contribution is 5.90. The molecule has 5 heteroatoms. The number of para-hydroxylation sites is 1. The number of aryl methyl sites for hydroxylation is 1. The van der Waals surface area contributed by atoms with Crippen LogP contribution in [0.25, 0.3) is 0 Å². The molecule has 1 amide bonds. The molecule has 2 aromatic carbocycles. The zero-order chi connectivity index (χ0) is 18.9. The fourth-order valence-electron chi connectivity index (χ4n) is 3.07. The van der Waals surface area contributed by atoms with Crippen molar-refractivity contribution in [3.05, 3.63) is 59.7 Å². The van der Waals surface area contributed by atoms with Crippen LogP contribution in [0, 0.1) is 6.92 Å². The summed E-state index contributed by atoms with van der Waals surface area (Å²) in [5, 5.41) is 2.95. The first kappa shape index (κ1) is 19.4. The van der Waals surface area contributed by atoms with Crippen molar-refractivity contribution in [2.45, 2.75) is 26.3 Å². The van der Waals surface area contributed by atoms with E-state index >= 15 is 0 Å². The number of nitrogens with one attached hydrogen (secondary N) is 1. The van der Waals surface area contributed by atoms with Crippen molar-refractivity contribution in [1.82, 2.24) is 4.90 Å². The van der Waals surface area contributed by atoms with E-state index < -0.39 is 0 Å². The molecule has 0 spiro atoms. The van der Waals surface area contributed by atoms with E-state index in [0.717, 1.165) is 49.8 Å². The first-order chi connectivity index (χ1) is 13.2. The third-order valence-corrected chi connectivity index (χ3v) is 4.65. The van der Waals surface area contributed by atoms with Crippen molar-refractivity contribution < 1.29 is 14.3 Å². The van der Waals surface area contributed by atoms with Crippen molar-refractivity contribution in [3.63, 3.8) is 0 Å². The SMILES string of the molecule is Cc1ccccc1OCCCC(=O)Nc1ccc(CN2CCOCC2)cc1. The third kappa shape index (κ3) is 6.38. The van der Waals surface area contributed by atoms with Gasteiger partial charge in [0, 0.05) is 31.7 Å². The third-order valence-electron chi connectivity index (χ3n) is 4.65. The van der Waals surface area contributed by atoms with Crippen LogP contribution in [0.5, 0.6) is 5.75 Å². The molecule has 1 fully saturated rings. The molecule has 0 bridgehead atoms. The fourth-order valence-corrected chi connectivity index (χ4v) is 3.07. The van der Waals surface area contributed by atoms with Gasteiger partial charge >= 0.3 is 0 Å². The number of nitrogens with zero attached hydrogens (tertiary/aromatic N) is 1. The van der Waals surface area contributed by atoms with Crippen LogP contribution in [0.2, 0.25) is 0 Å². The first-order valence-corrected chi connectivity index (χ1v) is 9.58. The molecule has 0 radical (unpaired) electrons. The Morgan fingerprint density at radius 2 is 1.85 bits per heavy atom. The molecule has 1 N–H and O–H groups in total. The van der Waals surface area contributed by atoms with E-state index in [1.165, 1.54) is 5.56 Å². The number of hydrogen-bond donors (Lipinski definition) is 1. The van der Waals surface area contributed by atoms with Gasteiger partial charge in [-0.15, -0.1) is 0 Å². The van der Waals surface area contributed by atoms with Gasteiger partial charge in [-0.1, -0.05) is 30.3 Å². The molecule has 2 aromatic rings. The van der Waals surface area contributed by atoms with E-state index in [0.29, 0.717) is 19.4 Å². The number of morpholine rings is 1. The van der Waals surface area contributed by atoms with Crippen LogP contribution in [-0.2, 0) is 16.1 Å². The summed E-state index contributed by atoms with van der Waals surface area (Å²) in [4.78, 5) is 14.5. The van der Waals surface area contributed by atoms with Gasteiger partial charge in [-0.3, -0.25) is 9.69 Å². The van der Waals surface area contributed by atoms with E-state index in [-0.39, 0.29) is 5.91 Å². The highest BCUT2D eigenvalue weighted by atomic mass is 16.5. The van der Waals surface area contributed by atoms with Crippen LogP contribution < -0.4 is 10.1 Å². The van der Waals surface area contributed by atoms with Gasteiger partial charge in [0.1, 0.15) is 5.75 Å². The summed E-state index contributed by atoms with van der Waals surface area (Å²) < 4.78 is 11.1. The van der Waals surface area contributed by atoms with Crippen LogP contribution in [-0.4, -0.2) is 43.7 Å². The quantitative estimate of drug-likeness (QED) is 0.723. The minimum Gasteiger partial charge on any atom is -0.493 e. The maximum absolute atomic E-state index is 12.1. The predicted molar refractivity (Wildman–Crippen MR) is 107 cm³/mol. The Bertz CT molecular complexity index is 725. The van der Waals surface area contributed by atoms with Crippen LogP contribution in [0.15, 0.2) is 48.5 Å². The van der Waals surface area contributed by atoms with E-state index in [1.54, 1.807) is 0 Å². The molecule has 5 nitrogen and oxygen atoms in total. The summed E-state index contributed by atoms with van der Waals surface area (Å²) in [6, 6.07) is 16.0. The normalized spacial score (nSPS) is 14.7. The molecule has 1 heterocycles. The minimum atomic E-state index is 0.0179. The average molecular weight is 368 g/mol. The highest BCUT2D eigenvalue weighted by Gasteiger charge is 2.10. The molecular formula is C22H28N2O3. The van der Waals surface area contributed by atoms with Crippen molar-refractivity contribution in [1.29, 1.82) is 0 Å². The lowest BCUT2D eigenvalue weighted by molar-refractivity contribution is -0.116. The van der Waals surface area contributed by atoms with Gasteiger partial charge in [-0.05, 0) is 42.7 Å². The number of benzene rings is 2. The summed E-state index contributed by atoms with van der Waals surface area (Å²) >= 11 is 0. The number of carbonyl (C=O) groups is 1. The largest absolute Gasteiger partial charge is 0.493 e. The Morgan fingerprint density at radius 1 is 1.11 bits per heavy atom. The topological polar surface area (TPSA) is 50.8 Å². The number of amides is 1. The molecule has 1 aliphatic heterocycles. The van der Waals surface area contributed by atoms with E-state index in [1.807, 2.05) is 43.3 Å². The number of carbonyl (C=O) groups excluding carboxylic acids is 1. The number of anilines is 1. The number of rotatable bonds is 8. The second kappa shape index (κ2) is 10.1. The smallest absolute Gasteiger partial charge is 0.224 e. The second-order valence-electron chi connectivity index (χ2n) is 6.85.